The Morgan fingerprint density at radius 3 is 2.48 bits per heavy atom. The zero-order chi connectivity index (χ0) is 15.2. The molecular formula is C16H19ClN2O2. The van der Waals surface area contributed by atoms with E-state index in [1.165, 1.54) is 0 Å². The molecule has 21 heavy (non-hydrogen) atoms. The van der Waals surface area contributed by atoms with E-state index < -0.39 is 0 Å². The number of benzene rings is 1. The highest BCUT2D eigenvalue weighted by molar-refractivity contribution is 6.29. The van der Waals surface area contributed by atoms with Gasteiger partial charge in [0.05, 0.1) is 19.8 Å². The van der Waals surface area contributed by atoms with E-state index in [1.54, 1.807) is 19.4 Å². The van der Waals surface area contributed by atoms with Gasteiger partial charge in [0.2, 0.25) is 0 Å². The van der Waals surface area contributed by atoms with Crippen LogP contribution in [0.25, 0.3) is 0 Å². The fraction of sp³-hybridized carbons (Fsp3) is 0.312. The van der Waals surface area contributed by atoms with Crippen molar-refractivity contribution in [1.82, 2.24) is 9.88 Å². The molecule has 1 aromatic carbocycles. The molecule has 0 aliphatic carbocycles. The lowest BCUT2D eigenvalue weighted by Gasteiger charge is -2.27. The minimum atomic E-state index is -0.0772. The molecular weight excluding hydrogens is 288 g/mol. The fourth-order valence-electron chi connectivity index (χ4n) is 2.22. The smallest absolute Gasteiger partial charge is 0.129 e. The third kappa shape index (κ3) is 4.17. The van der Waals surface area contributed by atoms with E-state index in [2.05, 4.69) is 9.88 Å². The topological polar surface area (TPSA) is 45.6 Å². The first kappa shape index (κ1) is 15.8. The second kappa shape index (κ2) is 7.41. The van der Waals surface area contributed by atoms with Crippen molar-refractivity contribution >= 4 is 11.6 Å². The Morgan fingerprint density at radius 1 is 1.24 bits per heavy atom. The molecule has 112 valence electrons. The molecule has 1 N–H and O–H groups in total. The van der Waals surface area contributed by atoms with Gasteiger partial charge in [0.15, 0.2) is 0 Å². The summed E-state index contributed by atoms with van der Waals surface area (Å²) in [5.41, 5.74) is 2.09. The molecule has 0 fully saturated rings. The van der Waals surface area contributed by atoms with Gasteiger partial charge < -0.3 is 9.84 Å². The summed E-state index contributed by atoms with van der Waals surface area (Å²) < 4.78 is 5.15. The Morgan fingerprint density at radius 2 is 1.95 bits per heavy atom. The summed E-state index contributed by atoms with van der Waals surface area (Å²) in [6.45, 7) is 0.727. The van der Waals surface area contributed by atoms with Gasteiger partial charge in [-0.1, -0.05) is 29.8 Å². The van der Waals surface area contributed by atoms with Gasteiger partial charge in [-0.05, 0) is 36.4 Å². The summed E-state index contributed by atoms with van der Waals surface area (Å²) in [6.07, 6.45) is 1.75. The number of halogens is 1. The van der Waals surface area contributed by atoms with E-state index in [1.807, 2.05) is 37.4 Å². The number of rotatable bonds is 6. The number of pyridine rings is 1. The normalized spacial score (nSPS) is 12.4. The first-order valence-electron chi connectivity index (χ1n) is 6.69. The van der Waals surface area contributed by atoms with Crippen molar-refractivity contribution < 1.29 is 9.84 Å². The quantitative estimate of drug-likeness (QED) is 0.834. The van der Waals surface area contributed by atoms with Crippen LogP contribution in [0.15, 0.2) is 42.6 Å². The van der Waals surface area contributed by atoms with Gasteiger partial charge in [0.1, 0.15) is 10.9 Å². The van der Waals surface area contributed by atoms with Crippen molar-refractivity contribution in [3.05, 3.63) is 58.9 Å². The summed E-state index contributed by atoms with van der Waals surface area (Å²) in [5, 5.41) is 10.2. The van der Waals surface area contributed by atoms with E-state index in [9.17, 15) is 5.11 Å². The Bertz CT molecular complexity index is 557. The van der Waals surface area contributed by atoms with Crippen molar-refractivity contribution in [3.8, 4) is 5.75 Å². The number of hydrogen-bond donors (Lipinski definition) is 1. The molecule has 2 rings (SSSR count). The molecule has 0 saturated carbocycles. The van der Waals surface area contributed by atoms with Gasteiger partial charge in [-0.2, -0.15) is 0 Å². The molecule has 5 heteroatoms. The van der Waals surface area contributed by atoms with Crippen LogP contribution >= 0.6 is 11.6 Å². The molecule has 0 spiro atoms. The first-order chi connectivity index (χ1) is 10.1. The molecule has 0 bridgehead atoms. The lowest BCUT2D eigenvalue weighted by molar-refractivity contribution is 0.142. The standard InChI is InChI=1S/C16H19ClN2O2/c1-19(10-12-3-8-16(17)18-9-12)15(11-20)13-4-6-14(21-2)7-5-13/h3-9,15,20H,10-11H2,1-2H3. The largest absolute Gasteiger partial charge is 0.497 e. The molecule has 0 radical (unpaired) electrons. The van der Waals surface area contributed by atoms with Crippen LogP contribution in [0.3, 0.4) is 0 Å². The lowest BCUT2D eigenvalue weighted by Crippen LogP contribution is -2.27. The van der Waals surface area contributed by atoms with Gasteiger partial charge >= 0.3 is 0 Å². The molecule has 0 saturated heterocycles. The SMILES string of the molecule is COc1ccc(C(CO)N(C)Cc2ccc(Cl)nc2)cc1. The maximum Gasteiger partial charge on any atom is 0.129 e. The molecule has 4 nitrogen and oxygen atoms in total. The zero-order valence-corrected chi connectivity index (χ0v) is 12.9. The Labute approximate surface area is 130 Å². The number of aliphatic hydroxyl groups is 1. The van der Waals surface area contributed by atoms with E-state index in [0.717, 1.165) is 16.9 Å². The molecule has 0 aliphatic rings. The van der Waals surface area contributed by atoms with Crippen LogP contribution in [0.1, 0.15) is 17.2 Å². The number of aliphatic hydroxyl groups excluding tert-OH is 1. The van der Waals surface area contributed by atoms with Gasteiger partial charge in [0, 0.05) is 12.7 Å². The van der Waals surface area contributed by atoms with Crippen molar-refractivity contribution in [2.24, 2.45) is 0 Å². The average molecular weight is 307 g/mol. The third-order valence-electron chi connectivity index (χ3n) is 3.43. The van der Waals surface area contributed by atoms with E-state index >= 15 is 0 Å². The van der Waals surface area contributed by atoms with Crippen molar-refractivity contribution in [1.29, 1.82) is 0 Å². The van der Waals surface area contributed by atoms with Crippen LogP contribution in [-0.2, 0) is 6.54 Å². The Hall–Kier alpha value is -1.62. The van der Waals surface area contributed by atoms with E-state index in [-0.39, 0.29) is 12.6 Å². The highest BCUT2D eigenvalue weighted by Gasteiger charge is 2.16. The van der Waals surface area contributed by atoms with Crippen LogP contribution in [-0.4, -0.2) is 35.8 Å². The summed E-state index contributed by atoms with van der Waals surface area (Å²) >= 11 is 5.79. The Kier molecular flexibility index (Phi) is 5.56. The second-order valence-corrected chi connectivity index (χ2v) is 5.26. The zero-order valence-electron chi connectivity index (χ0n) is 12.2. The number of nitrogens with zero attached hydrogens (tertiary/aromatic N) is 2. The van der Waals surface area contributed by atoms with Crippen LogP contribution < -0.4 is 4.74 Å². The van der Waals surface area contributed by atoms with Crippen LogP contribution in [0.4, 0.5) is 0 Å². The second-order valence-electron chi connectivity index (χ2n) is 4.88. The molecule has 1 atom stereocenters. The molecule has 1 heterocycles. The average Bonchev–Trinajstić information content (AvgIpc) is 2.51. The molecule has 0 aliphatic heterocycles. The first-order valence-corrected chi connectivity index (χ1v) is 7.07. The molecule has 0 amide bonds. The van der Waals surface area contributed by atoms with Crippen LogP contribution in [0, 0.1) is 0 Å². The highest BCUT2D eigenvalue weighted by Crippen LogP contribution is 2.23. The number of aromatic nitrogens is 1. The van der Waals surface area contributed by atoms with Crippen molar-refractivity contribution in [3.63, 3.8) is 0 Å². The van der Waals surface area contributed by atoms with Crippen molar-refractivity contribution in [2.45, 2.75) is 12.6 Å². The lowest BCUT2D eigenvalue weighted by atomic mass is 10.1. The minimum absolute atomic E-state index is 0.0455. The molecule has 1 unspecified atom stereocenters. The summed E-state index contributed by atoms with van der Waals surface area (Å²) in [4.78, 5) is 6.15. The van der Waals surface area contributed by atoms with Gasteiger partial charge in [-0.25, -0.2) is 4.98 Å². The van der Waals surface area contributed by atoms with Crippen LogP contribution in [0.5, 0.6) is 5.75 Å². The third-order valence-corrected chi connectivity index (χ3v) is 3.65. The monoisotopic (exact) mass is 306 g/mol. The number of likely N-dealkylation sites (N-methyl/N-ethyl adjacent to an activating group) is 1. The van der Waals surface area contributed by atoms with Gasteiger partial charge in [-0.15, -0.1) is 0 Å². The summed E-state index contributed by atoms with van der Waals surface area (Å²) in [7, 11) is 3.61. The fourth-order valence-corrected chi connectivity index (χ4v) is 2.34. The molecule has 1 aromatic heterocycles. The highest BCUT2D eigenvalue weighted by atomic mass is 35.5. The minimum Gasteiger partial charge on any atom is -0.497 e. The number of ether oxygens (including phenoxy) is 1. The van der Waals surface area contributed by atoms with E-state index in [0.29, 0.717) is 11.7 Å². The van der Waals surface area contributed by atoms with Crippen LogP contribution in [0.2, 0.25) is 5.15 Å². The summed E-state index contributed by atoms with van der Waals surface area (Å²) in [6, 6.07) is 11.4. The maximum atomic E-state index is 9.69. The summed E-state index contributed by atoms with van der Waals surface area (Å²) in [5.74, 6) is 0.806. The Balaban J connectivity index is 2.09. The number of hydrogen-bond acceptors (Lipinski definition) is 4. The molecule has 2 aromatic rings. The van der Waals surface area contributed by atoms with Gasteiger partial charge in [-0.3, -0.25) is 4.90 Å². The number of methoxy groups -OCH3 is 1. The van der Waals surface area contributed by atoms with E-state index in [4.69, 9.17) is 16.3 Å². The van der Waals surface area contributed by atoms with Gasteiger partial charge in [0.25, 0.3) is 0 Å². The predicted molar refractivity (Wildman–Crippen MR) is 83.5 cm³/mol. The maximum absolute atomic E-state index is 9.69. The predicted octanol–water partition coefficient (Wildman–Crippen LogP) is 2.91. The van der Waals surface area contributed by atoms with Crippen molar-refractivity contribution in [2.75, 3.05) is 20.8 Å².